The Hall–Kier alpha value is -3.00. The minimum atomic E-state index is -0.375. The summed E-state index contributed by atoms with van der Waals surface area (Å²) >= 11 is 0. The van der Waals surface area contributed by atoms with Crippen LogP contribution in [0.25, 0.3) is 0 Å². The van der Waals surface area contributed by atoms with Crippen molar-refractivity contribution in [3.8, 4) is 6.07 Å². The monoisotopic (exact) mass is 335 g/mol. The predicted molar refractivity (Wildman–Crippen MR) is 96.2 cm³/mol. The molecule has 1 saturated heterocycles. The van der Waals surface area contributed by atoms with Gasteiger partial charge in [0, 0.05) is 19.1 Å². The first kappa shape index (κ1) is 16.8. The molecule has 25 heavy (non-hydrogen) atoms. The Morgan fingerprint density at radius 3 is 2.52 bits per heavy atom. The average molecular weight is 335 g/mol. The number of hydrogen-bond acceptors (Lipinski definition) is 4. The number of anilines is 1. The molecule has 1 aliphatic heterocycles. The molecule has 1 fully saturated rings. The molecule has 0 atom stereocenters. The van der Waals surface area contributed by atoms with Crippen LogP contribution in [0.2, 0.25) is 0 Å². The summed E-state index contributed by atoms with van der Waals surface area (Å²) in [6.45, 7) is 1.89. The van der Waals surface area contributed by atoms with Crippen molar-refractivity contribution >= 4 is 11.8 Å². The van der Waals surface area contributed by atoms with E-state index in [9.17, 15) is 10.1 Å². The van der Waals surface area contributed by atoms with Gasteiger partial charge in [-0.2, -0.15) is 5.26 Å². The lowest BCUT2D eigenvalue weighted by atomic mass is 10.0. The lowest BCUT2D eigenvalue weighted by Gasteiger charge is -2.34. The fraction of sp³-hybridized carbons (Fsp3) is 0.300. The molecule has 0 aliphatic carbocycles. The number of alkyl carbamates (subject to hydrolysis) is 1. The Balaban J connectivity index is 1.46. The first-order chi connectivity index (χ1) is 12.3. The van der Waals surface area contributed by atoms with Crippen LogP contribution in [0.1, 0.15) is 24.0 Å². The Bertz CT molecular complexity index is 747. The maximum Gasteiger partial charge on any atom is 0.407 e. The second kappa shape index (κ2) is 8.20. The van der Waals surface area contributed by atoms with Gasteiger partial charge in [0.05, 0.1) is 11.3 Å². The SMILES string of the molecule is N#Cc1ccccc1N1CCC(NC(=O)OCc2ccccc2)CC1. The third-order valence-corrected chi connectivity index (χ3v) is 4.39. The van der Waals surface area contributed by atoms with Crippen molar-refractivity contribution in [2.45, 2.75) is 25.5 Å². The molecule has 5 heteroatoms. The van der Waals surface area contributed by atoms with Crippen LogP contribution < -0.4 is 10.2 Å². The van der Waals surface area contributed by atoms with Crippen molar-refractivity contribution in [2.24, 2.45) is 0 Å². The van der Waals surface area contributed by atoms with Gasteiger partial charge >= 0.3 is 6.09 Å². The molecular formula is C20H21N3O2. The molecule has 1 heterocycles. The minimum Gasteiger partial charge on any atom is -0.445 e. The Labute approximate surface area is 147 Å². The van der Waals surface area contributed by atoms with E-state index in [2.05, 4.69) is 16.3 Å². The second-order valence-corrected chi connectivity index (χ2v) is 6.10. The van der Waals surface area contributed by atoms with Crippen molar-refractivity contribution in [3.63, 3.8) is 0 Å². The van der Waals surface area contributed by atoms with Gasteiger partial charge in [-0.3, -0.25) is 0 Å². The van der Waals surface area contributed by atoms with Gasteiger partial charge in [0.2, 0.25) is 0 Å². The first-order valence-electron chi connectivity index (χ1n) is 8.47. The summed E-state index contributed by atoms with van der Waals surface area (Å²) in [5.74, 6) is 0. The van der Waals surface area contributed by atoms with Crippen LogP contribution in [-0.2, 0) is 11.3 Å². The molecule has 0 spiro atoms. The predicted octanol–water partition coefficient (Wildman–Crippen LogP) is 3.45. The highest BCUT2D eigenvalue weighted by Crippen LogP contribution is 2.23. The van der Waals surface area contributed by atoms with Gasteiger partial charge in [0.1, 0.15) is 12.7 Å². The van der Waals surface area contributed by atoms with Crippen LogP contribution in [0.5, 0.6) is 0 Å². The zero-order valence-electron chi connectivity index (χ0n) is 14.0. The number of rotatable bonds is 4. The van der Waals surface area contributed by atoms with Gasteiger partial charge < -0.3 is 15.0 Å². The summed E-state index contributed by atoms with van der Waals surface area (Å²) in [4.78, 5) is 14.1. The van der Waals surface area contributed by atoms with Crippen LogP contribution in [-0.4, -0.2) is 25.2 Å². The Kier molecular flexibility index (Phi) is 5.53. The van der Waals surface area contributed by atoms with Crippen molar-refractivity contribution < 1.29 is 9.53 Å². The van der Waals surface area contributed by atoms with Crippen molar-refractivity contribution in [3.05, 3.63) is 65.7 Å². The second-order valence-electron chi connectivity index (χ2n) is 6.10. The third-order valence-electron chi connectivity index (χ3n) is 4.39. The van der Waals surface area contributed by atoms with E-state index >= 15 is 0 Å². The van der Waals surface area contributed by atoms with Crippen LogP contribution in [0, 0.1) is 11.3 Å². The summed E-state index contributed by atoms with van der Waals surface area (Å²) in [6, 6.07) is 19.6. The van der Waals surface area contributed by atoms with E-state index in [1.807, 2.05) is 54.6 Å². The molecule has 0 aromatic heterocycles. The number of nitriles is 1. The number of benzene rings is 2. The van der Waals surface area contributed by atoms with Gasteiger partial charge in [-0.05, 0) is 30.5 Å². The third kappa shape index (κ3) is 4.51. The molecule has 1 N–H and O–H groups in total. The number of carbonyl (C=O) groups excluding carboxylic acids is 1. The van der Waals surface area contributed by atoms with E-state index in [1.165, 1.54) is 0 Å². The average Bonchev–Trinajstić information content (AvgIpc) is 2.68. The lowest BCUT2D eigenvalue weighted by Crippen LogP contribution is -2.45. The molecular weight excluding hydrogens is 314 g/mol. The van der Waals surface area contributed by atoms with Gasteiger partial charge in [-0.15, -0.1) is 0 Å². The number of carbonyl (C=O) groups is 1. The molecule has 128 valence electrons. The number of hydrogen-bond donors (Lipinski definition) is 1. The van der Waals surface area contributed by atoms with Crippen LogP contribution in [0.3, 0.4) is 0 Å². The summed E-state index contributed by atoms with van der Waals surface area (Å²) < 4.78 is 5.27. The summed E-state index contributed by atoms with van der Waals surface area (Å²) in [6.07, 6.45) is 1.29. The molecule has 0 radical (unpaired) electrons. The lowest BCUT2D eigenvalue weighted by molar-refractivity contribution is 0.134. The highest BCUT2D eigenvalue weighted by molar-refractivity contribution is 5.67. The van der Waals surface area contributed by atoms with Crippen LogP contribution in [0.4, 0.5) is 10.5 Å². The molecule has 0 unspecified atom stereocenters. The number of amides is 1. The molecule has 5 nitrogen and oxygen atoms in total. The largest absolute Gasteiger partial charge is 0.445 e. The smallest absolute Gasteiger partial charge is 0.407 e. The van der Waals surface area contributed by atoms with E-state index in [4.69, 9.17) is 4.74 Å². The maximum absolute atomic E-state index is 11.9. The van der Waals surface area contributed by atoms with E-state index in [0.29, 0.717) is 5.56 Å². The maximum atomic E-state index is 11.9. The summed E-state index contributed by atoms with van der Waals surface area (Å²) in [5, 5.41) is 12.2. The highest BCUT2D eigenvalue weighted by Gasteiger charge is 2.22. The van der Waals surface area contributed by atoms with Crippen LogP contribution >= 0.6 is 0 Å². The fourth-order valence-electron chi connectivity index (χ4n) is 3.04. The molecule has 2 aromatic carbocycles. The van der Waals surface area contributed by atoms with Gasteiger partial charge in [-0.1, -0.05) is 42.5 Å². The molecule has 1 amide bonds. The van der Waals surface area contributed by atoms with Gasteiger partial charge in [0.15, 0.2) is 0 Å². The van der Waals surface area contributed by atoms with E-state index < -0.39 is 0 Å². The Morgan fingerprint density at radius 2 is 1.80 bits per heavy atom. The minimum absolute atomic E-state index is 0.105. The molecule has 0 bridgehead atoms. The molecule has 3 rings (SSSR count). The number of nitrogens with zero attached hydrogens (tertiary/aromatic N) is 2. The fourth-order valence-corrected chi connectivity index (χ4v) is 3.04. The summed E-state index contributed by atoms with van der Waals surface area (Å²) in [5.41, 5.74) is 2.63. The topological polar surface area (TPSA) is 65.4 Å². The van der Waals surface area contributed by atoms with E-state index in [0.717, 1.165) is 37.2 Å². The van der Waals surface area contributed by atoms with Gasteiger partial charge in [-0.25, -0.2) is 4.79 Å². The summed E-state index contributed by atoms with van der Waals surface area (Å²) in [7, 11) is 0. The van der Waals surface area contributed by atoms with Crippen molar-refractivity contribution in [2.75, 3.05) is 18.0 Å². The Morgan fingerprint density at radius 1 is 1.12 bits per heavy atom. The molecule has 1 aliphatic rings. The molecule has 0 saturated carbocycles. The van der Waals surface area contributed by atoms with Crippen molar-refractivity contribution in [1.82, 2.24) is 5.32 Å². The molecule has 2 aromatic rings. The zero-order valence-corrected chi connectivity index (χ0v) is 14.0. The number of ether oxygens (including phenoxy) is 1. The first-order valence-corrected chi connectivity index (χ1v) is 8.47. The van der Waals surface area contributed by atoms with Crippen molar-refractivity contribution in [1.29, 1.82) is 5.26 Å². The quantitative estimate of drug-likeness (QED) is 0.929. The van der Waals surface area contributed by atoms with Gasteiger partial charge in [0.25, 0.3) is 0 Å². The zero-order chi connectivity index (χ0) is 17.5. The standard InChI is InChI=1S/C20H21N3O2/c21-14-17-8-4-5-9-19(17)23-12-10-18(11-13-23)22-20(24)25-15-16-6-2-1-3-7-16/h1-9,18H,10-13,15H2,(H,22,24). The van der Waals surface area contributed by atoms with E-state index in [1.54, 1.807) is 0 Å². The van der Waals surface area contributed by atoms with Crippen LogP contribution in [0.15, 0.2) is 54.6 Å². The number of nitrogens with one attached hydrogen (secondary N) is 1. The number of para-hydroxylation sites is 1. The number of piperidine rings is 1. The normalized spacial score (nSPS) is 14.6. The highest BCUT2D eigenvalue weighted by atomic mass is 16.5. The van der Waals surface area contributed by atoms with E-state index in [-0.39, 0.29) is 18.7 Å².